The Kier molecular flexibility index (Phi) is 4.35. The van der Waals surface area contributed by atoms with Crippen molar-refractivity contribution in [1.29, 1.82) is 0 Å². The van der Waals surface area contributed by atoms with E-state index in [9.17, 15) is 18.3 Å². The fraction of sp³-hybridized carbons (Fsp3) is 0.214. The Labute approximate surface area is 118 Å². The summed E-state index contributed by atoms with van der Waals surface area (Å²) < 4.78 is 38.7. The van der Waals surface area contributed by atoms with Gasteiger partial charge in [0.15, 0.2) is 0 Å². The molecule has 0 aliphatic carbocycles. The molecule has 0 saturated carbocycles. The van der Waals surface area contributed by atoms with Gasteiger partial charge in [-0.3, -0.25) is 4.98 Å². The lowest BCUT2D eigenvalue weighted by atomic mass is 9.98. The normalized spacial score (nSPS) is 13.2. The highest BCUT2D eigenvalue weighted by molar-refractivity contribution is 7.98. The van der Waals surface area contributed by atoms with E-state index >= 15 is 0 Å². The number of benzene rings is 1. The number of aliphatic hydroxyl groups is 1. The zero-order valence-electron chi connectivity index (χ0n) is 10.6. The van der Waals surface area contributed by atoms with Gasteiger partial charge in [-0.15, -0.1) is 11.8 Å². The summed E-state index contributed by atoms with van der Waals surface area (Å²) in [4.78, 5) is 4.65. The number of nitrogens with zero attached hydrogens (tertiary/aromatic N) is 1. The molecule has 20 heavy (non-hydrogen) atoms. The summed E-state index contributed by atoms with van der Waals surface area (Å²) in [6, 6.07) is 7.61. The predicted octanol–water partition coefficient (Wildman–Crippen LogP) is 3.90. The van der Waals surface area contributed by atoms with Crippen molar-refractivity contribution in [2.24, 2.45) is 0 Å². The maximum atomic E-state index is 12.9. The second-order valence-electron chi connectivity index (χ2n) is 4.14. The Morgan fingerprint density at radius 3 is 2.35 bits per heavy atom. The largest absolute Gasteiger partial charge is 0.416 e. The number of alkyl halides is 3. The maximum Gasteiger partial charge on any atom is 0.416 e. The third-order valence-electron chi connectivity index (χ3n) is 2.88. The second kappa shape index (κ2) is 5.85. The van der Waals surface area contributed by atoms with E-state index in [1.54, 1.807) is 24.3 Å². The zero-order valence-corrected chi connectivity index (χ0v) is 11.4. The van der Waals surface area contributed by atoms with E-state index in [0.29, 0.717) is 5.56 Å². The molecular weight excluding hydrogens is 287 g/mol. The lowest BCUT2D eigenvalue weighted by Gasteiger charge is -2.17. The van der Waals surface area contributed by atoms with Crippen molar-refractivity contribution < 1.29 is 18.3 Å². The number of rotatable bonds is 3. The van der Waals surface area contributed by atoms with Crippen LogP contribution in [0.2, 0.25) is 0 Å². The highest BCUT2D eigenvalue weighted by Gasteiger charge is 2.35. The molecule has 0 saturated heterocycles. The van der Waals surface area contributed by atoms with Crippen molar-refractivity contribution in [2.45, 2.75) is 17.2 Å². The second-order valence-corrected chi connectivity index (χ2v) is 5.02. The molecule has 1 aromatic heterocycles. The first-order valence-electron chi connectivity index (χ1n) is 5.76. The van der Waals surface area contributed by atoms with Crippen molar-refractivity contribution in [3.63, 3.8) is 0 Å². The van der Waals surface area contributed by atoms with Gasteiger partial charge in [0, 0.05) is 22.9 Å². The molecule has 1 unspecified atom stereocenters. The number of pyridine rings is 1. The van der Waals surface area contributed by atoms with Crippen LogP contribution in [0.3, 0.4) is 0 Å². The zero-order chi connectivity index (χ0) is 14.8. The van der Waals surface area contributed by atoms with Crippen LogP contribution in [0.1, 0.15) is 22.8 Å². The minimum absolute atomic E-state index is 0.239. The van der Waals surface area contributed by atoms with Crippen molar-refractivity contribution in [3.8, 4) is 0 Å². The average molecular weight is 299 g/mol. The number of thioether (sulfide) groups is 1. The van der Waals surface area contributed by atoms with E-state index in [-0.39, 0.29) is 5.56 Å². The monoisotopic (exact) mass is 299 g/mol. The fourth-order valence-electron chi connectivity index (χ4n) is 1.85. The fourth-order valence-corrected chi connectivity index (χ4v) is 2.26. The molecule has 1 heterocycles. The van der Waals surface area contributed by atoms with Gasteiger partial charge in [0.1, 0.15) is 6.10 Å². The first kappa shape index (κ1) is 14.9. The van der Waals surface area contributed by atoms with Gasteiger partial charge >= 0.3 is 6.18 Å². The van der Waals surface area contributed by atoms with Gasteiger partial charge < -0.3 is 5.11 Å². The highest BCUT2D eigenvalue weighted by atomic mass is 32.2. The smallest absolute Gasteiger partial charge is 0.384 e. The molecule has 0 fully saturated rings. The number of halogens is 3. The van der Waals surface area contributed by atoms with E-state index in [0.717, 1.165) is 23.4 Å². The Hall–Kier alpha value is -1.53. The van der Waals surface area contributed by atoms with Crippen LogP contribution in [0.5, 0.6) is 0 Å². The van der Waals surface area contributed by atoms with Gasteiger partial charge in [-0.1, -0.05) is 12.1 Å². The third kappa shape index (κ3) is 3.13. The molecule has 2 aromatic rings. The summed E-state index contributed by atoms with van der Waals surface area (Å²) in [6.07, 6.45) is -1.85. The van der Waals surface area contributed by atoms with Crippen LogP contribution in [0.15, 0.2) is 47.6 Å². The van der Waals surface area contributed by atoms with Gasteiger partial charge in [0.05, 0.1) is 5.56 Å². The maximum absolute atomic E-state index is 12.9. The summed E-state index contributed by atoms with van der Waals surface area (Å²) in [5, 5.41) is 10.2. The molecule has 6 heteroatoms. The summed E-state index contributed by atoms with van der Waals surface area (Å²) in [5.74, 6) is 0. The molecule has 1 atom stereocenters. The van der Waals surface area contributed by atoms with Crippen molar-refractivity contribution >= 4 is 11.8 Å². The highest BCUT2D eigenvalue weighted by Crippen LogP contribution is 2.36. The molecule has 1 N–H and O–H groups in total. The van der Waals surface area contributed by atoms with Crippen molar-refractivity contribution in [2.75, 3.05) is 6.26 Å². The predicted molar refractivity (Wildman–Crippen MR) is 71.5 cm³/mol. The molecule has 2 nitrogen and oxygen atoms in total. The van der Waals surface area contributed by atoms with E-state index < -0.39 is 17.8 Å². The minimum atomic E-state index is -4.52. The summed E-state index contributed by atoms with van der Waals surface area (Å²) in [7, 11) is 0. The molecule has 0 amide bonds. The number of aromatic nitrogens is 1. The topological polar surface area (TPSA) is 33.1 Å². The molecule has 2 rings (SSSR count). The van der Waals surface area contributed by atoms with Crippen LogP contribution < -0.4 is 0 Å². The number of hydrogen-bond donors (Lipinski definition) is 1. The van der Waals surface area contributed by atoms with E-state index in [1.165, 1.54) is 11.8 Å². The van der Waals surface area contributed by atoms with Crippen LogP contribution in [0.4, 0.5) is 13.2 Å². The first-order chi connectivity index (χ1) is 9.43. The Balaban J connectivity index is 2.40. The summed E-state index contributed by atoms with van der Waals surface area (Å²) in [6.45, 7) is 0. The van der Waals surface area contributed by atoms with Gasteiger partial charge in [0.2, 0.25) is 0 Å². The number of aliphatic hydroxyl groups excluding tert-OH is 1. The lowest BCUT2D eigenvalue weighted by Crippen LogP contribution is -2.13. The number of hydrogen-bond acceptors (Lipinski definition) is 3. The van der Waals surface area contributed by atoms with Crippen molar-refractivity contribution in [1.82, 2.24) is 4.98 Å². The molecule has 106 valence electrons. The van der Waals surface area contributed by atoms with E-state index in [2.05, 4.69) is 4.98 Å². The van der Waals surface area contributed by atoms with Crippen LogP contribution in [-0.2, 0) is 6.18 Å². The summed E-state index contributed by atoms with van der Waals surface area (Å²) in [5.41, 5.74) is -0.702. The third-order valence-corrected chi connectivity index (χ3v) is 3.63. The van der Waals surface area contributed by atoms with Crippen LogP contribution >= 0.6 is 11.8 Å². The molecule has 0 aliphatic heterocycles. The Morgan fingerprint density at radius 1 is 1.15 bits per heavy atom. The van der Waals surface area contributed by atoms with Gasteiger partial charge in [0.25, 0.3) is 0 Å². The van der Waals surface area contributed by atoms with Crippen molar-refractivity contribution in [3.05, 3.63) is 59.4 Å². The standard InChI is InChI=1S/C14H12F3NOS/c1-20-10-4-2-9(3-5-10)13(19)11-8-18-7-6-12(11)14(15,16)17/h2-8,13,19H,1H3. The van der Waals surface area contributed by atoms with Gasteiger partial charge in [-0.25, -0.2) is 0 Å². The van der Waals surface area contributed by atoms with Crippen LogP contribution in [0.25, 0.3) is 0 Å². The van der Waals surface area contributed by atoms with E-state index in [1.807, 2.05) is 6.26 Å². The SMILES string of the molecule is CSc1ccc(C(O)c2cnccc2C(F)(F)F)cc1. The minimum Gasteiger partial charge on any atom is -0.384 e. The molecular formula is C14H12F3NOS. The molecule has 0 radical (unpaired) electrons. The first-order valence-corrected chi connectivity index (χ1v) is 6.99. The lowest BCUT2D eigenvalue weighted by molar-refractivity contribution is -0.139. The van der Waals surface area contributed by atoms with Gasteiger partial charge in [-0.2, -0.15) is 13.2 Å². The Morgan fingerprint density at radius 2 is 1.80 bits per heavy atom. The molecule has 0 spiro atoms. The molecule has 1 aromatic carbocycles. The molecule has 0 bridgehead atoms. The average Bonchev–Trinajstić information content (AvgIpc) is 2.46. The van der Waals surface area contributed by atoms with Crippen LogP contribution in [-0.4, -0.2) is 16.3 Å². The van der Waals surface area contributed by atoms with Gasteiger partial charge in [-0.05, 0) is 30.0 Å². The Bertz CT molecular complexity index is 584. The summed E-state index contributed by atoms with van der Waals surface area (Å²) >= 11 is 1.52. The quantitative estimate of drug-likeness (QED) is 0.872. The van der Waals surface area contributed by atoms with Crippen LogP contribution in [0, 0.1) is 0 Å². The van der Waals surface area contributed by atoms with E-state index in [4.69, 9.17) is 0 Å². The molecule has 0 aliphatic rings.